The monoisotopic (exact) mass is 254 g/mol. The first-order chi connectivity index (χ1) is 8.00. The fraction of sp³-hybridized carbons (Fsp3) is 0.615. The van der Waals surface area contributed by atoms with E-state index in [1.54, 1.807) is 6.07 Å². The van der Waals surface area contributed by atoms with Crippen LogP contribution in [0.2, 0.25) is 5.15 Å². The van der Waals surface area contributed by atoms with E-state index in [9.17, 15) is 5.11 Å². The Morgan fingerprint density at radius 1 is 1.41 bits per heavy atom. The maximum atomic E-state index is 10.7. The van der Waals surface area contributed by atoms with Crippen LogP contribution in [-0.4, -0.2) is 35.1 Å². The average Bonchev–Trinajstić information content (AvgIpc) is 2.29. The zero-order chi connectivity index (χ0) is 12.5. The topological polar surface area (TPSA) is 36.4 Å². The Morgan fingerprint density at radius 2 is 2.06 bits per heavy atom. The van der Waals surface area contributed by atoms with E-state index >= 15 is 0 Å². The molecule has 2 heterocycles. The standard InChI is InChI=1S/C13H19ClN2O/c1-13(17,10-6-8-16(2)9-7-10)11-4-3-5-12(14)15-11/h3-5,10,17H,6-9H2,1-2H3/t13-/m0/s1. The fourth-order valence-corrected chi connectivity index (χ4v) is 2.63. The minimum atomic E-state index is -0.883. The zero-order valence-corrected chi connectivity index (χ0v) is 11.1. The van der Waals surface area contributed by atoms with Crippen molar-refractivity contribution in [2.75, 3.05) is 20.1 Å². The first kappa shape index (κ1) is 12.8. The van der Waals surface area contributed by atoms with E-state index in [0.29, 0.717) is 10.8 Å². The van der Waals surface area contributed by atoms with Gasteiger partial charge in [0, 0.05) is 0 Å². The van der Waals surface area contributed by atoms with Crippen molar-refractivity contribution in [3.8, 4) is 0 Å². The molecule has 0 bridgehead atoms. The lowest BCUT2D eigenvalue weighted by Crippen LogP contribution is -2.41. The Hall–Kier alpha value is -0.640. The predicted molar refractivity (Wildman–Crippen MR) is 69.0 cm³/mol. The Morgan fingerprint density at radius 3 is 2.65 bits per heavy atom. The van der Waals surface area contributed by atoms with Crippen LogP contribution in [0.1, 0.15) is 25.5 Å². The van der Waals surface area contributed by atoms with Crippen molar-refractivity contribution in [1.29, 1.82) is 0 Å². The minimum absolute atomic E-state index is 0.254. The van der Waals surface area contributed by atoms with Gasteiger partial charge in [-0.1, -0.05) is 17.7 Å². The molecule has 0 unspecified atom stereocenters. The van der Waals surface area contributed by atoms with Gasteiger partial charge >= 0.3 is 0 Å². The van der Waals surface area contributed by atoms with E-state index in [1.807, 2.05) is 19.1 Å². The summed E-state index contributed by atoms with van der Waals surface area (Å²) < 4.78 is 0. The van der Waals surface area contributed by atoms with Crippen LogP contribution < -0.4 is 0 Å². The van der Waals surface area contributed by atoms with Crippen LogP contribution in [0.3, 0.4) is 0 Å². The van der Waals surface area contributed by atoms with Crippen molar-refractivity contribution in [3.63, 3.8) is 0 Å². The highest BCUT2D eigenvalue weighted by atomic mass is 35.5. The third-order valence-electron chi connectivity index (χ3n) is 3.75. The summed E-state index contributed by atoms with van der Waals surface area (Å²) in [7, 11) is 2.11. The molecule has 0 aromatic carbocycles. The summed E-state index contributed by atoms with van der Waals surface area (Å²) >= 11 is 5.88. The van der Waals surface area contributed by atoms with Crippen LogP contribution in [0.5, 0.6) is 0 Å². The van der Waals surface area contributed by atoms with Crippen molar-refractivity contribution in [2.24, 2.45) is 5.92 Å². The minimum Gasteiger partial charge on any atom is -0.384 e. The number of nitrogens with zero attached hydrogens (tertiary/aromatic N) is 2. The lowest BCUT2D eigenvalue weighted by Gasteiger charge is -2.38. The molecule has 0 amide bonds. The molecule has 0 radical (unpaired) electrons. The van der Waals surface area contributed by atoms with Crippen LogP contribution >= 0.6 is 11.6 Å². The summed E-state index contributed by atoms with van der Waals surface area (Å²) in [5.41, 5.74) is -0.203. The second-order valence-electron chi connectivity index (χ2n) is 5.07. The fourth-order valence-electron chi connectivity index (χ4n) is 2.47. The molecule has 1 aromatic heterocycles. The van der Waals surface area contributed by atoms with E-state index in [1.165, 1.54) is 0 Å². The lowest BCUT2D eigenvalue weighted by atomic mass is 9.79. The molecule has 1 atom stereocenters. The van der Waals surface area contributed by atoms with Gasteiger partial charge in [0.1, 0.15) is 10.8 Å². The molecule has 1 saturated heterocycles. The maximum absolute atomic E-state index is 10.7. The first-order valence-electron chi connectivity index (χ1n) is 6.04. The molecule has 2 rings (SSSR count). The van der Waals surface area contributed by atoms with Crippen molar-refractivity contribution in [2.45, 2.75) is 25.4 Å². The number of aliphatic hydroxyl groups is 1. The van der Waals surface area contributed by atoms with Gasteiger partial charge in [-0.05, 0) is 58.0 Å². The molecule has 0 saturated carbocycles. The second-order valence-corrected chi connectivity index (χ2v) is 5.46. The Labute approximate surface area is 107 Å². The van der Waals surface area contributed by atoms with Gasteiger partial charge in [0.05, 0.1) is 5.69 Å². The molecule has 3 nitrogen and oxygen atoms in total. The van der Waals surface area contributed by atoms with Crippen LogP contribution in [0.15, 0.2) is 18.2 Å². The van der Waals surface area contributed by atoms with Gasteiger partial charge < -0.3 is 10.0 Å². The lowest BCUT2D eigenvalue weighted by molar-refractivity contribution is -0.0336. The number of likely N-dealkylation sites (tertiary alicyclic amines) is 1. The number of piperidine rings is 1. The van der Waals surface area contributed by atoms with Crippen LogP contribution in [0.4, 0.5) is 0 Å². The van der Waals surface area contributed by atoms with Gasteiger partial charge in [-0.2, -0.15) is 0 Å². The van der Waals surface area contributed by atoms with E-state index < -0.39 is 5.60 Å². The first-order valence-corrected chi connectivity index (χ1v) is 6.42. The summed E-state index contributed by atoms with van der Waals surface area (Å²) in [5.74, 6) is 0.254. The molecular weight excluding hydrogens is 236 g/mol. The molecule has 1 fully saturated rings. The van der Waals surface area contributed by atoms with Gasteiger partial charge in [0.25, 0.3) is 0 Å². The number of aromatic nitrogens is 1. The van der Waals surface area contributed by atoms with Gasteiger partial charge in [-0.3, -0.25) is 0 Å². The summed E-state index contributed by atoms with van der Waals surface area (Å²) in [6.07, 6.45) is 2.00. The van der Waals surface area contributed by atoms with E-state index in [4.69, 9.17) is 11.6 Å². The van der Waals surface area contributed by atoms with Crippen LogP contribution in [0.25, 0.3) is 0 Å². The van der Waals surface area contributed by atoms with Gasteiger partial charge in [-0.25, -0.2) is 4.98 Å². The second kappa shape index (κ2) is 4.92. The van der Waals surface area contributed by atoms with Crippen molar-refractivity contribution < 1.29 is 5.11 Å². The number of pyridine rings is 1. The molecule has 1 N–H and O–H groups in total. The molecule has 4 heteroatoms. The quantitative estimate of drug-likeness (QED) is 0.823. The highest BCUT2D eigenvalue weighted by molar-refractivity contribution is 6.29. The summed E-state index contributed by atoms with van der Waals surface area (Å²) in [6.45, 7) is 3.91. The number of rotatable bonds is 2. The third-order valence-corrected chi connectivity index (χ3v) is 3.96. The maximum Gasteiger partial charge on any atom is 0.129 e. The summed E-state index contributed by atoms with van der Waals surface area (Å²) in [6, 6.07) is 5.42. The predicted octanol–water partition coefficient (Wildman–Crippen LogP) is 2.28. The SMILES string of the molecule is CN1CCC([C@](C)(O)c2cccc(Cl)n2)CC1. The summed E-state index contributed by atoms with van der Waals surface area (Å²) in [4.78, 5) is 6.53. The molecule has 1 aliphatic rings. The van der Waals surface area contributed by atoms with E-state index in [0.717, 1.165) is 25.9 Å². The van der Waals surface area contributed by atoms with Crippen molar-refractivity contribution in [1.82, 2.24) is 9.88 Å². The Kier molecular flexibility index (Phi) is 3.71. The van der Waals surface area contributed by atoms with Gasteiger partial charge in [-0.15, -0.1) is 0 Å². The molecular formula is C13H19ClN2O. The molecule has 0 aliphatic carbocycles. The van der Waals surface area contributed by atoms with Crippen molar-refractivity contribution >= 4 is 11.6 Å². The highest BCUT2D eigenvalue weighted by Crippen LogP contribution is 2.35. The van der Waals surface area contributed by atoms with Crippen molar-refractivity contribution in [3.05, 3.63) is 29.0 Å². The molecule has 1 aliphatic heterocycles. The smallest absolute Gasteiger partial charge is 0.129 e. The molecule has 94 valence electrons. The normalized spacial score (nSPS) is 22.4. The number of hydrogen-bond acceptors (Lipinski definition) is 3. The molecule has 17 heavy (non-hydrogen) atoms. The summed E-state index contributed by atoms with van der Waals surface area (Å²) in [5, 5.41) is 11.1. The van der Waals surface area contributed by atoms with E-state index in [2.05, 4.69) is 16.9 Å². The largest absolute Gasteiger partial charge is 0.384 e. The number of hydrogen-bond donors (Lipinski definition) is 1. The van der Waals surface area contributed by atoms with Crippen LogP contribution in [0, 0.1) is 5.92 Å². The number of halogens is 1. The average molecular weight is 255 g/mol. The Balaban J connectivity index is 2.18. The molecule has 0 spiro atoms. The zero-order valence-electron chi connectivity index (χ0n) is 10.4. The van der Waals surface area contributed by atoms with Crippen LogP contribution in [-0.2, 0) is 5.60 Å². The van der Waals surface area contributed by atoms with Gasteiger partial charge in [0.2, 0.25) is 0 Å². The van der Waals surface area contributed by atoms with Gasteiger partial charge in [0.15, 0.2) is 0 Å². The van der Waals surface area contributed by atoms with E-state index in [-0.39, 0.29) is 5.92 Å². The molecule has 1 aromatic rings. The highest BCUT2D eigenvalue weighted by Gasteiger charge is 2.36. The third kappa shape index (κ3) is 2.79. The Bertz CT molecular complexity index is 387.